The standard InChI is InChI=1S/C12H21N3O3S3/c16-9(3-8-21)10-13-11(17-4-1-6-19)15-12(14-10)18-5-2-7-20/h9,16,19-21H,1-8H2. The number of aliphatic hydroxyl groups is 1. The second-order valence-corrected chi connectivity index (χ2v) is 5.48. The third-order valence-corrected chi connectivity index (χ3v) is 3.27. The van der Waals surface area contributed by atoms with Gasteiger partial charge in [0.25, 0.3) is 0 Å². The third-order valence-electron chi connectivity index (χ3n) is 2.38. The Morgan fingerprint density at radius 3 is 1.81 bits per heavy atom. The van der Waals surface area contributed by atoms with Crippen LogP contribution >= 0.6 is 37.9 Å². The fourth-order valence-electron chi connectivity index (χ4n) is 1.34. The highest BCUT2D eigenvalue weighted by molar-refractivity contribution is 7.80. The molecule has 0 aromatic carbocycles. The summed E-state index contributed by atoms with van der Waals surface area (Å²) in [6, 6.07) is 0.307. The van der Waals surface area contributed by atoms with Crippen LogP contribution in [0, 0.1) is 0 Å². The van der Waals surface area contributed by atoms with Crippen molar-refractivity contribution in [1.29, 1.82) is 0 Å². The van der Waals surface area contributed by atoms with Crippen LogP contribution in [0.15, 0.2) is 0 Å². The van der Waals surface area contributed by atoms with E-state index >= 15 is 0 Å². The summed E-state index contributed by atoms with van der Waals surface area (Å²) in [5.41, 5.74) is 0. The van der Waals surface area contributed by atoms with Crippen molar-refractivity contribution in [3.8, 4) is 12.0 Å². The van der Waals surface area contributed by atoms with Crippen molar-refractivity contribution in [2.24, 2.45) is 0 Å². The average Bonchev–Trinajstić information content (AvgIpc) is 2.48. The van der Waals surface area contributed by atoms with Crippen LogP contribution in [0.25, 0.3) is 0 Å². The Morgan fingerprint density at radius 2 is 1.38 bits per heavy atom. The molecule has 6 nitrogen and oxygen atoms in total. The lowest BCUT2D eigenvalue weighted by atomic mass is 10.2. The lowest BCUT2D eigenvalue weighted by molar-refractivity contribution is 0.158. The normalized spacial score (nSPS) is 12.2. The van der Waals surface area contributed by atoms with Gasteiger partial charge < -0.3 is 14.6 Å². The summed E-state index contributed by atoms with van der Waals surface area (Å²) in [4.78, 5) is 12.3. The first-order valence-electron chi connectivity index (χ1n) is 6.73. The number of aliphatic hydroxyl groups excluding tert-OH is 1. The fraction of sp³-hybridized carbons (Fsp3) is 0.750. The predicted molar refractivity (Wildman–Crippen MR) is 91.2 cm³/mol. The number of rotatable bonds is 11. The minimum atomic E-state index is -0.815. The molecule has 1 rings (SSSR count). The van der Waals surface area contributed by atoms with Gasteiger partial charge >= 0.3 is 12.0 Å². The van der Waals surface area contributed by atoms with E-state index in [4.69, 9.17) is 9.47 Å². The van der Waals surface area contributed by atoms with Gasteiger partial charge in [-0.3, -0.25) is 0 Å². The van der Waals surface area contributed by atoms with E-state index in [0.717, 1.165) is 12.8 Å². The van der Waals surface area contributed by atoms with Gasteiger partial charge in [0, 0.05) is 0 Å². The molecule has 1 N–H and O–H groups in total. The number of hydrogen-bond acceptors (Lipinski definition) is 9. The highest BCUT2D eigenvalue weighted by Gasteiger charge is 2.15. The van der Waals surface area contributed by atoms with Crippen LogP contribution in [0.3, 0.4) is 0 Å². The van der Waals surface area contributed by atoms with Crippen molar-refractivity contribution in [3.05, 3.63) is 5.82 Å². The van der Waals surface area contributed by atoms with Gasteiger partial charge in [0.05, 0.1) is 13.2 Å². The maximum atomic E-state index is 9.98. The van der Waals surface area contributed by atoms with Crippen molar-refractivity contribution in [2.45, 2.75) is 25.4 Å². The van der Waals surface area contributed by atoms with Gasteiger partial charge in [-0.05, 0) is 36.5 Å². The molecule has 0 saturated carbocycles. The fourth-order valence-corrected chi connectivity index (χ4v) is 1.84. The molecule has 0 saturated heterocycles. The van der Waals surface area contributed by atoms with Gasteiger partial charge in [-0.15, -0.1) is 4.98 Å². The van der Waals surface area contributed by atoms with Crippen molar-refractivity contribution in [3.63, 3.8) is 0 Å². The molecule has 9 heteroatoms. The van der Waals surface area contributed by atoms with Gasteiger partial charge in [0.2, 0.25) is 0 Å². The Morgan fingerprint density at radius 1 is 0.857 bits per heavy atom. The highest BCUT2D eigenvalue weighted by atomic mass is 32.1. The summed E-state index contributed by atoms with van der Waals surface area (Å²) in [5.74, 6) is 2.19. The molecule has 1 atom stereocenters. The number of aromatic nitrogens is 3. The molecule has 0 aliphatic carbocycles. The second kappa shape index (κ2) is 11.2. The van der Waals surface area contributed by atoms with Gasteiger partial charge in [-0.25, -0.2) is 0 Å². The van der Waals surface area contributed by atoms with Crippen LogP contribution in [0.1, 0.15) is 31.2 Å². The summed E-state index contributed by atoms with van der Waals surface area (Å²) >= 11 is 12.3. The Bertz CT molecular complexity index is 384. The molecule has 1 aromatic rings. The lowest BCUT2D eigenvalue weighted by Crippen LogP contribution is -2.12. The predicted octanol–water partition coefficient (Wildman–Crippen LogP) is 1.62. The van der Waals surface area contributed by atoms with Gasteiger partial charge in [-0.2, -0.15) is 47.9 Å². The third kappa shape index (κ3) is 7.44. The van der Waals surface area contributed by atoms with Crippen molar-refractivity contribution < 1.29 is 14.6 Å². The zero-order valence-corrected chi connectivity index (χ0v) is 14.4. The first-order valence-corrected chi connectivity index (χ1v) is 8.63. The number of thiol groups is 3. The largest absolute Gasteiger partial charge is 0.463 e. The van der Waals surface area contributed by atoms with E-state index in [1.165, 1.54) is 0 Å². The van der Waals surface area contributed by atoms with Crippen LogP contribution < -0.4 is 9.47 Å². The molecular weight excluding hydrogens is 330 g/mol. The first kappa shape index (κ1) is 18.7. The topological polar surface area (TPSA) is 77.4 Å². The summed E-state index contributed by atoms with van der Waals surface area (Å²) in [6.45, 7) is 0.900. The van der Waals surface area contributed by atoms with E-state index < -0.39 is 6.10 Å². The Kier molecular flexibility index (Phi) is 9.98. The Hall–Kier alpha value is -0.380. The van der Waals surface area contributed by atoms with Gasteiger partial charge in [0.1, 0.15) is 6.10 Å². The van der Waals surface area contributed by atoms with Crippen LogP contribution in [0.2, 0.25) is 0 Å². The Labute approximate surface area is 141 Å². The highest BCUT2D eigenvalue weighted by Crippen LogP contribution is 2.18. The van der Waals surface area contributed by atoms with Crippen LogP contribution in [-0.2, 0) is 0 Å². The zero-order valence-electron chi connectivity index (χ0n) is 11.7. The average molecular weight is 352 g/mol. The monoisotopic (exact) mass is 351 g/mol. The summed E-state index contributed by atoms with van der Waals surface area (Å²) in [7, 11) is 0. The summed E-state index contributed by atoms with van der Waals surface area (Å²) in [5, 5.41) is 9.98. The number of nitrogens with zero attached hydrogens (tertiary/aromatic N) is 3. The Balaban J connectivity index is 2.79. The maximum absolute atomic E-state index is 9.98. The SMILES string of the molecule is OC(CCS)c1nc(OCCCS)nc(OCCCS)n1. The second-order valence-electron chi connectivity index (χ2n) is 4.14. The molecule has 0 spiro atoms. The minimum absolute atomic E-state index is 0.154. The quantitative estimate of drug-likeness (QED) is 0.359. The van der Waals surface area contributed by atoms with E-state index in [9.17, 15) is 5.11 Å². The maximum Gasteiger partial charge on any atom is 0.322 e. The smallest absolute Gasteiger partial charge is 0.322 e. The molecule has 0 bridgehead atoms. The van der Waals surface area contributed by atoms with E-state index in [1.54, 1.807) is 0 Å². The zero-order chi connectivity index (χ0) is 15.5. The molecule has 1 aromatic heterocycles. The molecule has 0 aliphatic heterocycles. The number of hydrogen-bond donors (Lipinski definition) is 4. The van der Waals surface area contributed by atoms with Crippen LogP contribution in [0.4, 0.5) is 0 Å². The molecule has 1 unspecified atom stereocenters. The summed E-state index contributed by atoms with van der Waals surface area (Å²) in [6.07, 6.45) is 1.18. The van der Waals surface area contributed by atoms with E-state index in [2.05, 4.69) is 52.8 Å². The molecule has 1 heterocycles. The lowest BCUT2D eigenvalue weighted by Gasteiger charge is -2.11. The molecule has 21 heavy (non-hydrogen) atoms. The van der Waals surface area contributed by atoms with Crippen molar-refractivity contribution in [1.82, 2.24) is 15.0 Å². The summed E-state index contributed by atoms with van der Waals surface area (Å²) < 4.78 is 10.9. The van der Waals surface area contributed by atoms with Crippen molar-refractivity contribution >= 4 is 37.9 Å². The van der Waals surface area contributed by atoms with E-state index in [1.807, 2.05) is 0 Å². The van der Waals surface area contributed by atoms with Gasteiger partial charge in [-0.1, -0.05) is 0 Å². The van der Waals surface area contributed by atoms with Crippen LogP contribution in [0.5, 0.6) is 12.0 Å². The van der Waals surface area contributed by atoms with E-state index in [0.29, 0.717) is 36.9 Å². The number of ether oxygens (including phenoxy) is 2. The van der Waals surface area contributed by atoms with Crippen molar-refractivity contribution in [2.75, 3.05) is 30.5 Å². The minimum Gasteiger partial charge on any atom is -0.463 e. The van der Waals surface area contributed by atoms with E-state index in [-0.39, 0.29) is 17.8 Å². The van der Waals surface area contributed by atoms with Gasteiger partial charge in [0.15, 0.2) is 5.82 Å². The molecule has 0 aliphatic rings. The molecule has 0 fully saturated rings. The molecule has 0 radical (unpaired) electrons. The molecule has 0 amide bonds. The molecular formula is C12H21N3O3S3. The molecule has 120 valence electrons. The van der Waals surface area contributed by atoms with Crippen LogP contribution in [-0.4, -0.2) is 50.5 Å². The first-order chi connectivity index (χ1) is 10.2.